The average Bonchev–Trinajstić information content (AvgIpc) is 2.23. The van der Waals surface area contributed by atoms with Crippen molar-refractivity contribution in [2.24, 2.45) is 11.8 Å². The first-order chi connectivity index (χ1) is 6.82. The molecule has 0 heterocycles. The molecule has 0 saturated carbocycles. The van der Waals surface area contributed by atoms with Crippen LogP contribution in [-0.4, -0.2) is 6.29 Å². The van der Waals surface area contributed by atoms with E-state index < -0.39 is 0 Å². The Hall–Kier alpha value is -0.850. The Morgan fingerprint density at radius 2 is 1.27 bits per heavy atom. The first kappa shape index (κ1) is 14.2. The van der Waals surface area contributed by atoms with Crippen LogP contribution in [0.4, 0.5) is 0 Å². The zero-order valence-corrected chi connectivity index (χ0v) is 11.1. The number of carbonyl (C=O) groups excluding carboxylic acids is 1. The molecular formula is C14H24O. The van der Waals surface area contributed by atoms with E-state index in [-0.39, 0.29) is 5.92 Å². The van der Waals surface area contributed by atoms with Gasteiger partial charge < -0.3 is 4.79 Å². The van der Waals surface area contributed by atoms with Crippen LogP contribution in [0, 0.1) is 11.8 Å². The molecule has 0 aliphatic heterocycles. The molecule has 0 rings (SSSR count). The van der Waals surface area contributed by atoms with Crippen LogP contribution in [-0.2, 0) is 4.79 Å². The number of rotatable bonds is 4. The standard InChI is InChI=1S/C14H24O/c1-9(2)11(4)13(6)14(7)12(5)10(3)8-15/h8-10H,1-7H3/b13-11-,14-12-. The van der Waals surface area contributed by atoms with Crippen LogP contribution < -0.4 is 0 Å². The Kier molecular flexibility index (Phi) is 5.56. The summed E-state index contributed by atoms with van der Waals surface area (Å²) < 4.78 is 0. The lowest BCUT2D eigenvalue weighted by molar-refractivity contribution is -0.109. The summed E-state index contributed by atoms with van der Waals surface area (Å²) in [5.74, 6) is 0.596. The van der Waals surface area contributed by atoms with E-state index in [9.17, 15) is 4.79 Å². The maximum Gasteiger partial charge on any atom is 0.126 e. The summed E-state index contributed by atoms with van der Waals surface area (Å²) in [4.78, 5) is 10.7. The van der Waals surface area contributed by atoms with E-state index in [1.807, 2.05) is 13.8 Å². The third-order valence-electron chi connectivity index (χ3n) is 3.50. The second kappa shape index (κ2) is 5.89. The molecule has 0 bridgehead atoms. The van der Waals surface area contributed by atoms with E-state index in [0.717, 1.165) is 6.29 Å². The highest BCUT2D eigenvalue weighted by atomic mass is 16.1. The molecule has 0 spiro atoms. The van der Waals surface area contributed by atoms with Gasteiger partial charge in [0.2, 0.25) is 0 Å². The summed E-state index contributed by atoms with van der Waals surface area (Å²) >= 11 is 0. The highest BCUT2D eigenvalue weighted by Gasteiger charge is 2.09. The highest BCUT2D eigenvalue weighted by Crippen LogP contribution is 2.24. The molecule has 0 aromatic heterocycles. The van der Waals surface area contributed by atoms with Crippen molar-refractivity contribution >= 4 is 6.29 Å². The molecule has 0 aromatic carbocycles. The van der Waals surface area contributed by atoms with Gasteiger partial charge in [0.05, 0.1) is 0 Å². The molecule has 86 valence electrons. The monoisotopic (exact) mass is 208 g/mol. The molecule has 0 amide bonds. The Balaban J connectivity index is 5.24. The number of hydrogen-bond acceptors (Lipinski definition) is 1. The topological polar surface area (TPSA) is 17.1 Å². The van der Waals surface area contributed by atoms with Crippen molar-refractivity contribution in [1.29, 1.82) is 0 Å². The minimum Gasteiger partial charge on any atom is -0.303 e. The number of aldehydes is 1. The summed E-state index contributed by atoms with van der Waals surface area (Å²) in [5, 5.41) is 0. The van der Waals surface area contributed by atoms with Crippen molar-refractivity contribution in [2.45, 2.75) is 48.5 Å². The van der Waals surface area contributed by atoms with Gasteiger partial charge in [0.1, 0.15) is 6.29 Å². The van der Waals surface area contributed by atoms with E-state index in [4.69, 9.17) is 0 Å². The summed E-state index contributed by atoms with van der Waals surface area (Å²) in [6.45, 7) is 14.8. The minimum absolute atomic E-state index is 0.0277. The maximum atomic E-state index is 10.7. The number of carbonyl (C=O) groups is 1. The lowest BCUT2D eigenvalue weighted by Crippen LogP contribution is -2.03. The van der Waals surface area contributed by atoms with E-state index in [1.165, 1.54) is 22.3 Å². The Morgan fingerprint density at radius 3 is 1.60 bits per heavy atom. The second-order valence-corrected chi connectivity index (χ2v) is 4.70. The van der Waals surface area contributed by atoms with Crippen molar-refractivity contribution in [3.05, 3.63) is 22.3 Å². The fourth-order valence-corrected chi connectivity index (χ4v) is 1.47. The fraction of sp³-hybridized carbons (Fsp3) is 0.643. The van der Waals surface area contributed by atoms with Gasteiger partial charge in [0.15, 0.2) is 0 Å². The van der Waals surface area contributed by atoms with Gasteiger partial charge in [-0.2, -0.15) is 0 Å². The van der Waals surface area contributed by atoms with E-state index >= 15 is 0 Å². The van der Waals surface area contributed by atoms with Crippen LogP contribution in [0.3, 0.4) is 0 Å². The predicted molar refractivity (Wildman–Crippen MR) is 66.8 cm³/mol. The van der Waals surface area contributed by atoms with E-state index in [1.54, 1.807) is 0 Å². The van der Waals surface area contributed by atoms with E-state index in [0.29, 0.717) is 5.92 Å². The summed E-state index contributed by atoms with van der Waals surface area (Å²) in [7, 11) is 0. The van der Waals surface area contributed by atoms with Crippen molar-refractivity contribution in [2.75, 3.05) is 0 Å². The largest absolute Gasteiger partial charge is 0.303 e. The molecule has 0 fully saturated rings. The third kappa shape index (κ3) is 3.65. The average molecular weight is 208 g/mol. The summed E-state index contributed by atoms with van der Waals surface area (Å²) in [6.07, 6.45) is 1.01. The van der Waals surface area contributed by atoms with Crippen LogP contribution in [0.15, 0.2) is 22.3 Å². The third-order valence-corrected chi connectivity index (χ3v) is 3.50. The van der Waals surface area contributed by atoms with Gasteiger partial charge >= 0.3 is 0 Å². The molecule has 0 aromatic rings. The van der Waals surface area contributed by atoms with Gasteiger partial charge in [-0.05, 0) is 44.8 Å². The van der Waals surface area contributed by atoms with Crippen LogP contribution in [0.5, 0.6) is 0 Å². The first-order valence-corrected chi connectivity index (χ1v) is 5.63. The van der Waals surface area contributed by atoms with Gasteiger partial charge in [-0.3, -0.25) is 0 Å². The molecule has 15 heavy (non-hydrogen) atoms. The van der Waals surface area contributed by atoms with Gasteiger partial charge in [-0.25, -0.2) is 0 Å². The van der Waals surface area contributed by atoms with Crippen LogP contribution in [0.2, 0.25) is 0 Å². The maximum absolute atomic E-state index is 10.7. The predicted octanol–water partition coefficient (Wildman–Crippen LogP) is 4.15. The molecule has 0 saturated heterocycles. The molecule has 0 radical (unpaired) electrons. The lowest BCUT2D eigenvalue weighted by atomic mass is 9.90. The minimum atomic E-state index is 0.0277. The second-order valence-electron chi connectivity index (χ2n) is 4.70. The molecule has 0 aliphatic carbocycles. The van der Waals surface area contributed by atoms with Gasteiger partial charge in [-0.15, -0.1) is 0 Å². The molecule has 1 heteroatoms. The zero-order chi connectivity index (χ0) is 12.2. The van der Waals surface area contributed by atoms with Crippen LogP contribution >= 0.6 is 0 Å². The van der Waals surface area contributed by atoms with Crippen molar-refractivity contribution in [3.63, 3.8) is 0 Å². The van der Waals surface area contributed by atoms with Crippen molar-refractivity contribution in [1.82, 2.24) is 0 Å². The van der Waals surface area contributed by atoms with Crippen molar-refractivity contribution < 1.29 is 4.79 Å². The molecule has 1 nitrogen and oxygen atoms in total. The molecule has 1 atom stereocenters. The van der Waals surface area contributed by atoms with Crippen molar-refractivity contribution in [3.8, 4) is 0 Å². The summed E-state index contributed by atoms with van der Waals surface area (Å²) in [6, 6.07) is 0. The van der Waals surface area contributed by atoms with Crippen LogP contribution in [0.25, 0.3) is 0 Å². The Labute approximate surface area is 94.3 Å². The van der Waals surface area contributed by atoms with Gasteiger partial charge in [0.25, 0.3) is 0 Å². The van der Waals surface area contributed by atoms with Crippen LogP contribution in [0.1, 0.15) is 48.5 Å². The lowest BCUT2D eigenvalue weighted by Gasteiger charge is -2.16. The SMILES string of the molecule is CC(/C(C)=C(/C)C(C)C=O)=C(\C)C(C)C. The number of allylic oxidation sites excluding steroid dienone is 4. The molecule has 0 aliphatic rings. The Morgan fingerprint density at radius 1 is 0.867 bits per heavy atom. The summed E-state index contributed by atoms with van der Waals surface area (Å²) in [5.41, 5.74) is 5.18. The zero-order valence-electron chi connectivity index (χ0n) is 11.1. The van der Waals surface area contributed by atoms with E-state index in [2.05, 4.69) is 34.6 Å². The molecule has 0 N–H and O–H groups in total. The highest BCUT2D eigenvalue weighted by molar-refractivity contribution is 5.59. The normalized spacial score (nSPS) is 17.1. The molecular weight excluding hydrogens is 184 g/mol. The molecule has 1 unspecified atom stereocenters. The number of hydrogen-bond donors (Lipinski definition) is 0. The quantitative estimate of drug-likeness (QED) is 0.501. The van der Waals surface area contributed by atoms with Gasteiger partial charge in [-0.1, -0.05) is 31.9 Å². The smallest absolute Gasteiger partial charge is 0.126 e. The fourth-order valence-electron chi connectivity index (χ4n) is 1.47. The van der Waals surface area contributed by atoms with Gasteiger partial charge in [0, 0.05) is 5.92 Å². The Bertz CT molecular complexity index is 292. The first-order valence-electron chi connectivity index (χ1n) is 5.63.